The number of nitrogens with zero attached hydrogens (tertiary/aromatic N) is 1. The number of thioether (sulfide) groups is 1. The van der Waals surface area contributed by atoms with Gasteiger partial charge in [0.05, 0.1) is 36.8 Å². The molecular weight excluding hydrogens is 380 g/mol. The Morgan fingerprint density at radius 2 is 1.96 bits per heavy atom. The third kappa shape index (κ3) is 5.93. The number of methoxy groups -OCH3 is 1. The van der Waals surface area contributed by atoms with Crippen molar-refractivity contribution in [3.63, 3.8) is 0 Å². The van der Waals surface area contributed by atoms with E-state index in [4.69, 9.17) is 19.5 Å². The Morgan fingerprint density at radius 3 is 2.68 bits per heavy atom. The summed E-state index contributed by atoms with van der Waals surface area (Å²) in [5.41, 5.74) is 0.810. The number of anilines is 1. The molecule has 0 bridgehead atoms. The number of hydrogen-bond acceptors (Lipinski definition) is 7. The first-order valence-electron chi connectivity index (χ1n) is 8.45. The summed E-state index contributed by atoms with van der Waals surface area (Å²) in [6, 6.07) is 13.8. The third-order valence-corrected chi connectivity index (χ3v) is 4.43. The van der Waals surface area contributed by atoms with Crippen molar-refractivity contribution in [2.45, 2.75) is 11.8 Å². The molecular formula is C20H20N2O5S. The van der Waals surface area contributed by atoms with E-state index in [1.165, 1.54) is 24.9 Å². The lowest BCUT2D eigenvalue weighted by molar-refractivity contribution is -0.119. The van der Waals surface area contributed by atoms with Crippen LogP contribution in [0.4, 0.5) is 5.69 Å². The van der Waals surface area contributed by atoms with E-state index in [-0.39, 0.29) is 11.3 Å². The predicted octanol–water partition coefficient (Wildman–Crippen LogP) is 3.51. The maximum atomic E-state index is 12.2. The average Bonchev–Trinajstić information content (AvgIpc) is 2.71. The molecule has 2 aromatic carbocycles. The van der Waals surface area contributed by atoms with Crippen molar-refractivity contribution in [2.75, 3.05) is 31.4 Å². The van der Waals surface area contributed by atoms with Crippen LogP contribution < -0.4 is 14.8 Å². The standard InChI is InChI=1S/C20H20N2O5S/c1-3-26-16-9-8-14(12-17(16)25-2)20(24)27-13-19(23)22-15-6-4-5-7-18(15)28-11-10-21/h4-9,12H,3,11,13H2,1-2H3,(H,22,23). The minimum atomic E-state index is -0.649. The lowest BCUT2D eigenvalue weighted by atomic mass is 10.2. The summed E-state index contributed by atoms with van der Waals surface area (Å²) in [4.78, 5) is 25.1. The molecule has 1 amide bonds. The molecule has 2 aromatic rings. The number of rotatable bonds is 9. The highest BCUT2D eigenvalue weighted by Crippen LogP contribution is 2.28. The van der Waals surface area contributed by atoms with Crippen LogP contribution in [-0.4, -0.2) is 38.0 Å². The van der Waals surface area contributed by atoms with E-state index in [1.807, 2.05) is 19.1 Å². The molecule has 0 aliphatic heterocycles. The van der Waals surface area contributed by atoms with E-state index in [0.717, 1.165) is 4.90 Å². The third-order valence-electron chi connectivity index (χ3n) is 3.49. The molecule has 7 nitrogen and oxygen atoms in total. The first-order valence-corrected chi connectivity index (χ1v) is 9.44. The van der Waals surface area contributed by atoms with Gasteiger partial charge in [0.25, 0.3) is 5.91 Å². The van der Waals surface area contributed by atoms with Crippen molar-refractivity contribution >= 4 is 29.3 Å². The fraction of sp³-hybridized carbons (Fsp3) is 0.250. The van der Waals surface area contributed by atoms with Crippen LogP contribution in [0, 0.1) is 11.3 Å². The van der Waals surface area contributed by atoms with Crippen LogP contribution in [0.3, 0.4) is 0 Å². The van der Waals surface area contributed by atoms with Gasteiger partial charge in [0.1, 0.15) is 0 Å². The summed E-state index contributed by atoms with van der Waals surface area (Å²) in [5, 5.41) is 11.4. The van der Waals surface area contributed by atoms with Crippen LogP contribution in [0.1, 0.15) is 17.3 Å². The van der Waals surface area contributed by atoms with Crippen molar-refractivity contribution < 1.29 is 23.8 Å². The molecule has 0 saturated carbocycles. The van der Waals surface area contributed by atoms with Gasteiger partial charge in [-0.15, -0.1) is 11.8 Å². The molecule has 0 aromatic heterocycles. The minimum absolute atomic E-state index is 0.248. The monoisotopic (exact) mass is 400 g/mol. The van der Waals surface area contributed by atoms with Gasteiger partial charge in [0.2, 0.25) is 0 Å². The Labute approximate surface area is 167 Å². The van der Waals surface area contributed by atoms with Gasteiger partial charge < -0.3 is 19.5 Å². The van der Waals surface area contributed by atoms with Gasteiger partial charge in [0, 0.05) is 4.90 Å². The Balaban J connectivity index is 1.96. The number of ether oxygens (including phenoxy) is 3. The molecule has 8 heteroatoms. The van der Waals surface area contributed by atoms with E-state index in [1.54, 1.807) is 30.3 Å². The van der Waals surface area contributed by atoms with Crippen LogP contribution in [0.25, 0.3) is 0 Å². The smallest absolute Gasteiger partial charge is 0.338 e. The SMILES string of the molecule is CCOc1ccc(C(=O)OCC(=O)Nc2ccccc2SCC#N)cc1OC. The number of benzene rings is 2. The zero-order valence-electron chi connectivity index (χ0n) is 15.6. The van der Waals surface area contributed by atoms with Gasteiger partial charge in [-0.3, -0.25) is 4.79 Å². The Kier molecular flexibility index (Phi) is 8.18. The van der Waals surface area contributed by atoms with E-state index in [9.17, 15) is 9.59 Å². The molecule has 0 heterocycles. The van der Waals surface area contributed by atoms with Crippen molar-refractivity contribution in [1.29, 1.82) is 5.26 Å². The van der Waals surface area contributed by atoms with Gasteiger partial charge in [-0.2, -0.15) is 5.26 Å². The molecule has 0 radical (unpaired) electrons. The Hall–Kier alpha value is -3.18. The second kappa shape index (κ2) is 10.8. The highest BCUT2D eigenvalue weighted by atomic mass is 32.2. The van der Waals surface area contributed by atoms with E-state index < -0.39 is 18.5 Å². The van der Waals surface area contributed by atoms with Gasteiger partial charge >= 0.3 is 5.97 Å². The van der Waals surface area contributed by atoms with E-state index >= 15 is 0 Å². The number of para-hydroxylation sites is 1. The van der Waals surface area contributed by atoms with Crippen molar-refractivity contribution in [3.05, 3.63) is 48.0 Å². The molecule has 0 fully saturated rings. The molecule has 0 aliphatic rings. The van der Waals surface area contributed by atoms with Crippen LogP contribution in [0.5, 0.6) is 11.5 Å². The topological polar surface area (TPSA) is 97.6 Å². The first kappa shape index (κ1) is 21.1. The quantitative estimate of drug-likeness (QED) is 0.508. The Bertz CT molecular complexity index is 879. The largest absolute Gasteiger partial charge is 0.493 e. The van der Waals surface area contributed by atoms with Gasteiger partial charge in [-0.05, 0) is 37.3 Å². The lowest BCUT2D eigenvalue weighted by Gasteiger charge is -2.12. The maximum Gasteiger partial charge on any atom is 0.338 e. The first-order chi connectivity index (χ1) is 13.6. The number of carbonyl (C=O) groups excluding carboxylic acids is 2. The molecule has 1 N–H and O–H groups in total. The number of hydrogen-bond donors (Lipinski definition) is 1. The van der Waals surface area contributed by atoms with Gasteiger partial charge in [0.15, 0.2) is 18.1 Å². The number of nitriles is 1. The second-order valence-corrected chi connectivity index (χ2v) is 6.38. The lowest BCUT2D eigenvalue weighted by Crippen LogP contribution is -2.21. The summed E-state index contributed by atoms with van der Waals surface area (Å²) in [5.74, 6) is 0.0661. The number of carbonyl (C=O) groups is 2. The zero-order chi connectivity index (χ0) is 20.4. The molecule has 0 spiro atoms. The van der Waals surface area contributed by atoms with Crippen LogP contribution in [0.15, 0.2) is 47.4 Å². The van der Waals surface area contributed by atoms with E-state index in [0.29, 0.717) is 23.8 Å². The fourth-order valence-electron chi connectivity index (χ4n) is 2.28. The molecule has 0 aliphatic carbocycles. The maximum absolute atomic E-state index is 12.2. The number of amides is 1. The van der Waals surface area contributed by atoms with E-state index in [2.05, 4.69) is 5.32 Å². The zero-order valence-corrected chi connectivity index (χ0v) is 16.4. The Morgan fingerprint density at radius 1 is 1.18 bits per heavy atom. The predicted molar refractivity (Wildman–Crippen MR) is 106 cm³/mol. The fourth-order valence-corrected chi connectivity index (χ4v) is 2.95. The second-order valence-electron chi connectivity index (χ2n) is 5.37. The number of nitrogens with one attached hydrogen (secondary N) is 1. The average molecular weight is 400 g/mol. The van der Waals surface area contributed by atoms with Gasteiger partial charge in [-0.1, -0.05) is 12.1 Å². The minimum Gasteiger partial charge on any atom is -0.493 e. The highest BCUT2D eigenvalue weighted by Gasteiger charge is 2.14. The summed E-state index contributed by atoms with van der Waals surface area (Å²) in [6.45, 7) is 1.87. The normalized spacial score (nSPS) is 9.89. The molecule has 0 saturated heterocycles. The van der Waals surface area contributed by atoms with Gasteiger partial charge in [-0.25, -0.2) is 4.79 Å². The highest BCUT2D eigenvalue weighted by molar-refractivity contribution is 7.99. The molecule has 146 valence electrons. The van der Waals surface area contributed by atoms with Crippen LogP contribution in [-0.2, 0) is 9.53 Å². The summed E-state index contributed by atoms with van der Waals surface area (Å²) < 4.78 is 15.7. The summed E-state index contributed by atoms with van der Waals surface area (Å²) in [7, 11) is 1.47. The van der Waals surface area contributed by atoms with Crippen molar-refractivity contribution in [1.82, 2.24) is 0 Å². The summed E-state index contributed by atoms with van der Waals surface area (Å²) >= 11 is 1.31. The van der Waals surface area contributed by atoms with Crippen LogP contribution in [0.2, 0.25) is 0 Å². The molecule has 28 heavy (non-hydrogen) atoms. The van der Waals surface area contributed by atoms with Crippen molar-refractivity contribution in [2.24, 2.45) is 0 Å². The summed E-state index contributed by atoms with van der Waals surface area (Å²) in [6.07, 6.45) is 0. The van der Waals surface area contributed by atoms with Crippen molar-refractivity contribution in [3.8, 4) is 17.6 Å². The molecule has 0 unspecified atom stereocenters. The van der Waals surface area contributed by atoms with Crippen LogP contribution >= 0.6 is 11.8 Å². The molecule has 2 rings (SSSR count). The molecule has 0 atom stereocenters. The number of esters is 1.